The van der Waals surface area contributed by atoms with E-state index in [-0.39, 0.29) is 0 Å². The molecule has 3 rings (SSSR count). The molecule has 0 N–H and O–H groups in total. The van der Waals surface area contributed by atoms with Gasteiger partial charge < -0.3 is 0 Å². The number of hydrogen-bond acceptors (Lipinski definition) is 2. The fourth-order valence-electron chi connectivity index (χ4n) is 3.89. The van der Waals surface area contributed by atoms with Crippen molar-refractivity contribution in [3.63, 3.8) is 0 Å². The molecule has 2 aliphatic rings. The van der Waals surface area contributed by atoms with E-state index in [9.17, 15) is 0 Å². The van der Waals surface area contributed by atoms with E-state index in [1.54, 1.807) is 0 Å². The van der Waals surface area contributed by atoms with Crippen LogP contribution in [-0.2, 0) is 0 Å². The Labute approximate surface area is 121 Å². The number of rotatable bonds is 3. The zero-order chi connectivity index (χ0) is 13.1. The van der Waals surface area contributed by atoms with Crippen molar-refractivity contribution in [2.24, 2.45) is 4.99 Å². The van der Waals surface area contributed by atoms with Gasteiger partial charge >= 0.3 is 0 Å². The molecule has 0 saturated heterocycles. The highest BCUT2D eigenvalue weighted by Gasteiger charge is 2.25. The lowest BCUT2D eigenvalue weighted by atomic mass is 9.88. The second kappa shape index (κ2) is 5.98. The first-order valence-electron chi connectivity index (χ1n) is 7.61. The van der Waals surface area contributed by atoms with Crippen molar-refractivity contribution in [2.75, 3.05) is 0 Å². The van der Waals surface area contributed by atoms with Gasteiger partial charge in [-0.15, -0.1) is 0 Å². The Morgan fingerprint density at radius 3 is 1.79 bits per heavy atom. The van der Waals surface area contributed by atoms with Gasteiger partial charge in [-0.05, 0) is 60.9 Å². The van der Waals surface area contributed by atoms with Gasteiger partial charge in [-0.2, -0.15) is 4.99 Å². The number of hydrogen-bond donors (Lipinski definition) is 0. The maximum atomic E-state index is 4.89. The molecular weight excluding hydrogens is 250 g/mol. The minimum absolute atomic E-state index is 0.698. The van der Waals surface area contributed by atoms with Crippen LogP contribution < -0.4 is 0 Å². The van der Waals surface area contributed by atoms with E-state index >= 15 is 0 Å². The maximum absolute atomic E-state index is 4.89. The Morgan fingerprint density at radius 1 is 0.895 bits per heavy atom. The highest BCUT2D eigenvalue weighted by Crippen LogP contribution is 2.45. The fraction of sp³-hybridized carbons (Fsp3) is 0.588. The highest BCUT2D eigenvalue weighted by molar-refractivity contribution is 7.78. The molecule has 0 aromatic heterocycles. The molecule has 1 nitrogen and oxygen atoms in total. The minimum atomic E-state index is 0.698. The fourth-order valence-corrected chi connectivity index (χ4v) is 3.98. The van der Waals surface area contributed by atoms with Crippen LogP contribution >= 0.6 is 12.2 Å². The second-order valence-electron chi connectivity index (χ2n) is 5.95. The van der Waals surface area contributed by atoms with Crippen molar-refractivity contribution >= 4 is 23.1 Å². The summed E-state index contributed by atoms with van der Waals surface area (Å²) in [5.74, 6) is 1.40. The number of isothiocyanates is 1. The van der Waals surface area contributed by atoms with E-state index in [0.717, 1.165) is 5.69 Å². The first-order chi connectivity index (χ1) is 9.40. The van der Waals surface area contributed by atoms with Crippen molar-refractivity contribution in [2.45, 2.75) is 63.2 Å². The zero-order valence-corrected chi connectivity index (χ0v) is 12.2. The molecule has 2 heteroatoms. The van der Waals surface area contributed by atoms with Gasteiger partial charge in [0.05, 0.1) is 10.8 Å². The summed E-state index contributed by atoms with van der Waals surface area (Å²) in [6, 6.07) is 6.75. The molecule has 0 aliphatic heterocycles. The SMILES string of the molecule is S=C=Nc1c(C2CCCC2)cccc1C1CCCC1. The largest absolute Gasteiger partial charge is 0.194 e. The van der Waals surface area contributed by atoms with Gasteiger partial charge in [0.25, 0.3) is 0 Å². The summed E-state index contributed by atoms with van der Waals surface area (Å²) in [5, 5.41) is 2.62. The van der Waals surface area contributed by atoms with Crippen LogP contribution in [0.5, 0.6) is 0 Å². The molecule has 2 aliphatic carbocycles. The quantitative estimate of drug-likeness (QED) is 0.504. The maximum Gasteiger partial charge on any atom is 0.0809 e. The highest BCUT2D eigenvalue weighted by atomic mass is 32.1. The van der Waals surface area contributed by atoms with Crippen molar-refractivity contribution < 1.29 is 0 Å². The monoisotopic (exact) mass is 271 g/mol. The van der Waals surface area contributed by atoms with Gasteiger partial charge in [-0.25, -0.2) is 0 Å². The molecule has 0 spiro atoms. The molecule has 100 valence electrons. The van der Waals surface area contributed by atoms with Gasteiger partial charge in [0, 0.05) is 0 Å². The number of aliphatic imine (C=N–C) groups is 1. The van der Waals surface area contributed by atoms with Crippen molar-refractivity contribution in [3.05, 3.63) is 29.3 Å². The predicted octanol–water partition coefficient (Wildman–Crippen LogP) is 5.74. The van der Waals surface area contributed by atoms with Crippen LogP contribution in [0, 0.1) is 0 Å². The molecule has 1 aromatic carbocycles. The van der Waals surface area contributed by atoms with Crippen molar-refractivity contribution in [1.29, 1.82) is 0 Å². The van der Waals surface area contributed by atoms with E-state index in [1.807, 2.05) is 0 Å². The lowest BCUT2D eigenvalue weighted by Crippen LogP contribution is -1.99. The van der Waals surface area contributed by atoms with Crippen molar-refractivity contribution in [1.82, 2.24) is 0 Å². The number of para-hydroxylation sites is 1. The molecule has 2 fully saturated rings. The molecule has 0 bridgehead atoms. The zero-order valence-electron chi connectivity index (χ0n) is 11.4. The third-order valence-electron chi connectivity index (χ3n) is 4.85. The summed E-state index contributed by atoms with van der Waals surface area (Å²) in [6.07, 6.45) is 10.7. The molecule has 2 saturated carbocycles. The molecule has 0 amide bonds. The van der Waals surface area contributed by atoms with Crippen LogP contribution in [0.25, 0.3) is 0 Å². The summed E-state index contributed by atoms with van der Waals surface area (Å²) < 4.78 is 0. The topological polar surface area (TPSA) is 12.4 Å². The van der Waals surface area contributed by atoms with E-state index in [2.05, 4.69) is 28.4 Å². The molecule has 19 heavy (non-hydrogen) atoms. The van der Waals surface area contributed by atoms with Gasteiger partial charge in [-0.1, -0.05) is 43.9 Å². The molecule has 0 unspecified atom stereocenters. The molecule has 0 heterocycles. The summed E-state index contributed by atoms with van der Waals surface area (Å²) in [4.78, 5) is 4.46. The van der Waals surface area contributed by atoms with Gasteiger partial charge in [-0.3, -0.25) is 0 Å². The second-order valence-corrected chi connectivity index (χ2v) is 6.13. The van der Waals surface area contributed by atoms with Crippen LogP contribution in [-0.4, -0.2) is 5.16 Å². The average Bonchev–Trinajstić information content (AvgIpc) is 3.13. The Kier molecular flexibility index (Phi) is 4.10. The van der Waals surface area contributed by atoms with Gasteiger partial charge in [0.2, 0.25) is 0 Å². The average molecular weight is 271 g/mol. The summed E-state index contributed by atoms with van der Waals surface area (Å²) in [7, 11) is 0. The third kappa shape index (κ3) is 2.66. The Balaban J connectivity index is 2.02. The Morgan fingerprint density at radius 2 is 1.37 bits per heavy atom. The minimum Gasteiger partial charge on any atom is -0.194 e. The van der Waals surface area contributed by atoms with E-state index in [4.69, 9.17) is 12.2 Å². The van der Waals surface area contributed by atoms with Crippen molar-refractivity contribution in [3.8, 4) is 0 Å². The smallest absolute Gasteiger partial charge is 0.0809 e. The standard InChI is InChI=1S/C17H21NS/c19-12-18-17-15(13-6-1-2-7-13)10-5-11-16(17)14-8-3-4-9-14/h5,10-11,13-14H,1-4,6-9H2. The predicted molar refractivity (Wildman–Crippen MR) is 83.5 cm³/mol. The van der Waals surface area contributed by atoms with Crippen LogP contribution in [0.2, 0.25) is 0 Å². The molecule has 0 atom stereocenters. The number of benzene rings is 1. The summed E-state index contributed by atoms with van der Waals surface area (Å²) >= 11 is 4.89. The Bertz CT molecular complexity index is 456. The lowest BCUT2D eigenvalue weighted by Gasteiger charge is -2.18. The molecule has 1 aromatic rings. The lowest BCUT2D eigenvalue weighted by molar-refractivity contribution is 0.702. The van der Waals surface area contributed by atoms with E-state index in [0.29, 0.717) is 11.8 Å². The normalized spacial score (nSPS) is 20.6. The third-order valence-corrected chi connectivity index (χ3v) is 4.94. The molecule has 0 radical (unpaired) electrons. The van der Waals surface area contributed by atoms with Gasteiger partial charge in [0.15, 0.2) is 0 Å². The van der Waals surface area contributed by atoms with Crippen LogP contribution in [0.15, 0.2) is 23.2 Å². The van der Waals surface area contributed by atoms with Gasteiger partial charge in [0.1, 0.15) is 0 Å². The van der Waals surface area contributed by atoms with Crippen LogP contribution in [0.3, 0.4) is 0 Å². The van der Waals surface area contributed by atoms with E-state index < -0.39 is 0 Å². The first kappa shape index (κ1) is 13.0. The molecular formula is C17H21NS. The number of nitrogens with zero attached hydrogens (tertiary/aromatic N) is 1. The first-order valence-corrected chi connectivity index (χ1v) is 8.01. The van der Waals surface area contributed by atoms with E-state index in [1.165, 1.54) is 62.5 Å². The number of thiocarbonyl (C=S) groups is 1. The Hall–Kier alpha value is -0.980. The van der Waals surface area contributed by atoms with Crippen LogP contribution in [0.4, 0.5) is 5.69 Å². The summed E-state index contributed by atoms with van der Waals surface area (Å²) in [5.41, 5.74) is 4.02. The summed E-state index contributed by atoms with van der Waals surface area (Å²) in [6.45, 7) is 0. The van der Waals surface area contributed by atoms with Crippen LogP contribution in [0.1, 0.15) is 74.3 Å².